The van der Waals surface area contributed by atoms with Crippen LogP contribution in [0.1, 0.15) is 23.2 Å². The van der Waals surface area contributed by atoms with Gasteiger partial charge in [0.15, 0.2) is 0 Å². The number of ether oxygens (including phenoxy) is 1. The van der Waals surface area contributed by atoms with Crippen LogP contribution in [-0.2, 0) is 4.74 Å². The third kappa shape index (κ3) is 3.67. The number of nitrogens with one attached hydrogen (secondary N) is 2. The molecule has 114 valence electrons. The third-order valence-corrected chi connectivity index (χ3v) is 3.48. The number of benzene rings is 1. The number of nitro groups is 1. The van der Waals surface area contributed by atoms with Gasteiger partial charge >= 0.3 is 5.69 Å². The van der Waals surface area contributed by atoms with Gasteiger partial charge in [-0.25, -0.2) is 0 Å². The first kappa shape index (κ1) is 15.2. The summed E-state index contributed by atoms with van der Waals surface area (Å²) in [5.41, 5.74) is 2.02. The van der Waals surface area contributed by atoms with Gasteiger partial charge in [0.05, 0.1) is 4.92 Å². The SMILES string of the molecule is NNc1cccc(C(=O)NCCC2CCOC2)c1[N+](=O)[O-]. The number of amides is 1. The largest absolute Gasteiger partial charge is 0.381 e. The number of nitrogen functional groups attached to an aromatic ring is 1. The van der Waals surface area contributed by atoms with Gasteiger partial charge in [-0.2, -0.15) is 0 Å². The number of nitrogens with two attached hydrogens (primary N) is 1. The van der Waals surface area contributed by atoms with Crippen LogP contribution in [0.3, 0.4) is 0 Å². The molecule has 1 aromatic rings. The molecule has 0 aromatic heterocycles. The number of carbonyl (C=O) groups excluding carboxylic acids is 1. The van der Waals surface area contributed by atoms with E-state index in [0.717, 1.165) is 19.4 Å². The molecule has 8 heteroatoms. The number of hydrogen-bond acceptors (Lipinski definition) is 6. The van der Waals surface area contributed by atoms with Crippen LogP contribution < -0.4 is 16.6 Å². The lowest BCUT2D eigenvalue weighted by Crippen LogP contribution is -2.27. The lowest BCUT2D eigenvalue weighted by atomic mass is 10.1. The monoisotopic (exact) mass is 294 g/mol. The van der Waals surface area contributed by atoms with Crippen molar-refractivity contribution in [2.24, 2.45) is 11.8 Å². The Bertz CT molecular complexity index is 529. The zero-order valence-corrected chi connectivity index (χ0v) is 11.5. The number of hydrazine groups is 1. The van der Waals surface area contributed by atoms with E-state index in [-0.39, 0.29) is 16.9 Å². The summed E-state index contributed by atoms with van der Waals surface area (Å²) in [4.78, 5) is 22.6. The van der Waals surface area contributed by atoms with Crippen molar-refractivity contribution in [1.29, 1.82) is 0 Å². The Labute approximate surface area is 121 Å². The van der Waals surface area contributed by atoms with Crippen molar-refractivity contribution < 1.29 is 14.5 Å². The first-order valence-corrected chi connectivity index (χ1v) is 6.73. The maximum atomic E-state index is 12.1. The van der Waals surface area contributed by atoms with Gasteiger partial charge in [0.1, 0.15) is 11.3 Å². The molecule has 1 aromatic carbocycles. The normalized spacial score (nSPS) is 17.5. The quantitative estimate of drug-likeness (QED) is 0.409. The first-order chi connectivity index (χ1) is 10.1. The topological polar surface area (TPSA) is 120 Å². The molecule has 1 saturated heterocycles. The van der Waals surface area contributed by atoms with Crippen molar-refractivity contribution in [3.63, 3.8) is 0 Å². The molecule has 0 radical (unpaired) electrons. The number of rotatable bonds is 6. The molecule has 1 aliphatic rings. The van der Waals surface area contributed by atoms with Gasteiger partial charge < -0.3 is 15.5 Å². The lowest BCUT2D eigenvalue weighted by Gasteiger charge is -2.10. The molecule has 1 aliphatic heterocycles. The minimum absolute atomic E-state index is 0.00174. The number of hydrogen-bond donors (Lipinski definition) is 3. The highest BCUT2D eigenvalue weighted by atomic mass is 16.6. The molecule has 21 heavy (non-hydrogen) atoms. The van der Waals surface area contributed by atoms with E-state index in [9.17, 15) is 14.9 Å². The Balaban J connectivity index is 2.02. The fourth-order valence-electron chi connectivity index (χ4n) is 2.34. The van der Waals surface area contributed by atoms with Crippen molar-refractivity contribution in [1.82, 2.24) is 5.32 Å². The van der Waals surface area contributed by atoms with Crippen molar-refractivity contribution in [2.45, 2.75) is 12.8 Å². The third-order valence-electron chi connectivity index (χ3n) is 3.48. The van der Waals surface area contributed by atoms with E-state index in [0.29, 0.717) is 19.1 Å². The average molecular weight is 294 g/mol. The zero-order chi connectivity index (χ0) is 15.2. The van der Waals surface area contributed by atoms with Crippen LogP contribution in [0.15, 0.2) is 18.2 Å². The molecule has 4 N–H and O–H groups in total. The van der Waals surface area contributed by atoms with E-state index >= 15 is 0 Å². The van der Waals surface area contributed by atoms with E-state index in [2.05, 4.69) is 10.7 Å². The Morgan fingerprint density at radius 3 is 2.95 bits per heavy atom. The van der Waals surface area contributed by atoms with Crippen LogP contribution in [0.25, 0.3) is 0 Å². The Morgan fingerprint density at radius 2 is 2.33 bits per heavy atom. The summed E-state index contributed by atoms with van der Waals surface area (Å²) in [6, 6.07) is 4.40. The molecule has 1 unspecified atom stereocenters. The summed E-state index contributed by atoms with van der Waals surface area (Å²) in [5.74, 6) is 5.21. The Kier molecular flexibility index (Phi) is 5.07. The van der Waals surface area contributed by atoms with Gasteiger partial charge in [-0.05, 0) is 30.9 Å². The zero-order valence-electron chi connectivity index (χ0n) is 11.5. The molecule has 8 nitrogen and oxygen atoms in total. The lowest BCUT2D eigenvalue weighted by molar-refractivity contribution is -0.384. The summed E-state index contributed by atoms with van der Waals surface area (Å²) < 4.78 is 5.26. The van der Waals surface area contributed by atoms with Gasteiger partial charge in [0.25, 0.3) is 5.91 Å². The molecule has 2 rings (SSSR count). The molecule has 1 heterocycles. The van der Waals surface area contributed by atoms with E-state index in [1.54, 1.807) is 6.07 Å². The predicted molar refractivity (Wildman–Crippen MR) is 76.8 cm³/mol. The molecule has 1 amide bonds. The summed E-state index contributed by atoms with van der Waals surface area (Å²) in [6.45, 7) is 1.93. The number of carbonyl (C=O) groups is 1. The van der Waals surface area contributed by atoms with Crippen LogP contribution in [0, 0.1) is 16.0 Å². The number of nitrogens with zero attached hydrogens (tertiary/aromatic N) is 1. The van der Waals surface area contributed by atoms with Gasteiger partial charge in [-0.3, -0.25) is 20.8 Å². The van der Waals surface area contributed by atoms with Crippen molar-refractivity contribution in [3.8, 4) is 0 Å². The molecule has 1 atom stereocenters. The average Bonchev–Trinajstić information content (AvgIpc) is 2.99. The van der Waals surface area contributed by atoms with Crippen molar-refractivity contribution in [3.05, 3.63) is 33.9 Å². The van der Waals surface area contributed by atoms with Crippen LogP contribution in [0.5, 0.6) is 0 Å². The highest BCUT2D eigenvalue weighted by molar-refractivity contribution is 6.00. The van der Waals surface area contributed by atoms with Gasteiger partial charge in [0.2, 0.25) is 0 Å². The molecule has 0 spiro atoms. The van der Waals surface area contributed by atoms with Crippen LogP contribution in [0.4, 0.5) is 11.4 Å². The molecule has 0 aliphatic carbocycles. The second kappa shape index (κ2) is 7.00. The van der Waals surface area contributed by atoms with E-state index in [4.69, 9.17) is 10.6 Å². The summed E-state index contributed by atoms with van der Waals surface area (Å²) in [5, 5.41) is 13.8. The molecular weight excluding hydrogens is 276 g/mol. The number of para-hydroxylation sites is 1. The molecular formula is C13H18N4O4. The minimum Gasteiger partial charge on any atom is -0.381 e. The van der Waals surface area contributed by atoms with Crippen molar-refractivity contribution >= 4 is 17.3 Å². The Hall–Kier alpha value is -2.19. The van der Waals surface area contributed by atoms with Crippen molar-refractivity contribution in [2.75, 3.05) is 25.2 Å². The molecule has 0 saturated carbocycles. The highest BCUT2D eigenvalue weighted by Gasteiger charge is 2.24. The van der Waals surface area contributed by atoms with Crippen LogP contribution >= 0.6 is 0 Å². The maximum Gasteiger partial charge on any atom is 0.306 e. The molecule has 0 bridgehead atoms. The minimum atomic E-state index is -0.616. The second-order valence-electron chi connectivity index (χ2n) is 4.88. The van der Waals surface area contributed by atoms with Gasteiger partial charge in [-0.15, -0.1) is 0 Å². The van der Waals surface area contributed by atoms with E-state index < -0.39 is 10.8 Å². The standard InChI is InChI=1S/C13H18N4O4/c14-16-11-3-1-2-10(12(11)17(19)20)13(18)15-6-4-9-5-7-21-8-9/h1-3,9,16H,4-8,14H2,(H,15,18). The van der Waals surface area contributed by atoms with Crippen LogP contribution in [-0.4, -0.2) is 30.6 Å². The highest BCUT2D eigenvalue weighted by Crippen LogP contribution is 2.27. The smallest absolute Gasteiger partial charge is 0.306 e. The fourth-order valence-corrected chi connectivity index (χ4v) is 2.34. The predicted octanol–water partition coefficient (Wildman–Crippen LogP) is 1.04. The van der Waals surface area contributed by atoms with E-state index in [1.807, 2.05) is 0 Å². The van der Waals surface area contributed by atoms with Gasteiger partial charge in [-0.1, -0.05) is 6.07 Å². The van der Waals surface area contributed by atoms with Crippen LogP contribution in [0.2, 0.25) is 0 Å². The Morgan fingerprint density at radius 1 is 1.52 bits per heavy atom. The second-order valence-corrected chi connectivity index (χ2v) is 4.88. The number of anilines is 1. The van der Waals surface area contributed by atoms with Gasteiger partial charge in [0, 0.05) is 19.8 Å². The summed E-state index contributed by atoms with van der Waals surface area (Å²) in [6.07, 6.45) is 1.79. The summed E-state index contributed by atoms with van der Waals surface area (Å²) in [7, 11) is 0. The molecule has 1 fully saturated rings. The summed E-state index contributed by atoms with van der Waals surface area (Å²) >= 11 is 0. The fraction of sp³-hybridized carbons (Fsp3) is 0.462. The first-order valence-electron chi connectivity index (χ1n) is 6.73. The van der Waals surface area contributed by atoms with E-state index in [1.165, 1.54) is 12.1 Å². The maximum absolute atomic E-state index is 12.1. The number of nitro benzene ring substituents is 1.